The Labute approximate surface area is 161 Å². The predicted molar refractivity (Wildman–Crippen MR) is 103 cm³/mol. The molecule has 27 heavy (non-hydrogen) atoms. The molecule has 1 N–H and O–H groups in total. The van der Waals surface area contributed by atoms with Gasteiger partial charge in [-0.25, -0.2) is 4.98 Å². The molecule has 0 saturated heterocycles. The summed E-state index contributed by atoms with van der Waals surface area (Å²) in [5, 5.41) is 3.14. The third-order valence-electron chi connectivity index (χ3n) is 6.42. The highest BCUT2D eigenvalue weighted by molar-refractivity contribution is 5.94. The van der Waals surface area contributed by atoms with Gasteiger partial charge in [0.2, 0.25) is 5.91 Å². The van der Waals surface area contributed by atoms with Gasteiger partial charge in [0.05, 0.1) is 24.0 Å². The highest BCUT2D eigenvalue weighted by Crippen LogP contribution is 2.35. The molecule has 0 bridgehead atoms. The Morgan fingerprint density at radius 3 is 2.74 bits per heavy atom. The number of carbonyl (C=O) groups excluding carboxylic acids is 2. The average Bonchev–Trinajstić information content (AvgIpc) is 3.26. The Morgan fingerprint density at radius 2 is 2.00 bits per heavy atom. The number of hydrogen-bond donors (Lipinski definition) is 1. The van der Waals surface area contributed by atoms with E-state index in [0.29, 0.717) is 12.2 Å². The summed E-state index contributed by atoms with van der Waals surface area (Å²) in [6, 6.07) is 0.270. The van der Waals surface area contributed by atoms with E-state index in [1.54, 1.807) is 6.33 Å². The smallest absolute Gasteiger partial charge is 0.272 e. The molecule has 6 heteroatoms. The lowest BCUT2D eigenvalue weighted by molar-refractivity contribution is -0.142. The number of aromatic nitrogens is 2. The summed E-state index contributed by atoms with van der Waals surface area (Å²) in [4.78, 5) is 32.4. The molecular formula is C21H30N4O2. The lowest BCUT2D eigenvalue weighted by Gasteiger charge is -2.35. The van der Waals surface area contributed by atoms with Crippen molar-refractivity contribution in [2.75, 3.05) is 6.54 Å². The third-order valence-corrected chi connectivity index (χ3v) is 6.42. The minimum absolute atomic E-state index is 0.0863. The molecule has 1 aromatic heterocycles. The van der Waals surface area contributed by atoms with Gasteiger partial charge in [-0.15, -0.1) is 0 Å². The maximum Gasteiger partial charge on any atom is 0.272 e. The summed E-state index contributed by atoms with van der Waals surface area (Å²) >= 11 is 0. The van der Waals surface area contributed by atoms with Gasteiger partial charge >= 0.3 is 0 Å². The summed E-state index contributed by atoms with van der Waals surface area (Å²) in [5.41, 5.74) is 1.05. The Bertz CT molecular complexity index is 747. The minimum Gasteiger partial charge on any atom is -0.348 e. The SMILES string of the molecule is CC1(C(=O)N2CCCn3cnc(C(=O)NC4CCCC4)c3C2)CC=CCC1. The van der Waals surface area contributed by atoms with Gasteiger partial charge < -0.3 is 14.8 Å². The Morgan fingerprint density at radius 1 is 1.19 bits per heavy atom. The van der Waals surface area contributed by atoms with E-state index in [1.165, 1.54) is 12.8 Å². The first kappa shape index (κ1) is 18.3. The van der Waals surface area contributed by atoms with Crippen molar-refractivity contribution in [2.45, 2.75) is 77.4 Å². The molecule has 1 saturated carbocycles. The van der Waals surface area contributed by atoms with Crippen LogP contribution in [0, 0.1) is 5.41 Å². The summed E-state index contributed by atoms with van der Waals surface area (Å²) < 4.78 is 2.06. The number of rotatable bonds is 3. The number of nitrogens with one attached hydrogen (secondary N) is 1. The van der Waals surface area contributed by atoms with E-state index >= 15 is 0 Å². The van der Waals surface area contributed by atoms with Crippen molar-refractivity contribution in [2.24, 2.45) is 5.41 Å². The largest absolute Gasteiger partial charge is 0.348 e. The van der Waals surface area contributed by atoms with Crippen LogP contribution >= 0.6 is 0 Å². The van der Waals surface area contributed by atoms with Crippen LogP contribution in [0.15, 0.2) is 18.5 Å². The van der Waals surface area contributed by atoms with E-state index in [1.807, 2.05) is 4.90 Å². The molecule has 1 fully saturated rings. The fourth-order valence-corrected chi connectivity index (χ4v) is 4.69. The second kappa shape index (κ2) is 7.49. The summed E-state index contributed by atoms with van der Waals surface area (Å²) in [5.74, 6) is 0.125. The number of fused-ring (bicyclic) bond motifs is 1. The second-order valence-corrected chi connectivity index (χ2v) is 8.54. The molecule has 1 atom stereocenters. The van der Waals surface area contributed by atoms with Crippen molar-refractivity contribution in [3.63, 3.8) is 0 Å². The molecule has 1 unspecified atom stereocenters. The fourth-order valence-electron chi connectivity index (χ4n) is 4.69. The highest BCUT2D eigenvalue weighted by atomic mass is 16.2. The van der Waals surface area contributed by atoms with Crippen LogP contribution in [0.25, 0.3) is 0 Å². The summed E-state index contributed by atoms with van der Waals surface area (Å²) in [6.07, 6.45) is 14.1. The molecule has 0 aromatic carbocycles. The lowest BCUT2D eigenvalue weighted by Crippen LogP contribution is -2.43. The number of allylic oxidation sites excluding steroid dienone is 2. The van der Waals surface area contributed by atoms with E-state index in [2.05, 4.69) is 33.9 Å². The zero-order valence-electron chi connectivity index (χ0n) is 16.2. The Hall–Kier alpha value is -2.11. The van der Waals surface area contributed by atoms with Crippen LogP contribution in [-0.4, -0.2) is 38.9 Å². The van der Waals surface area contributed by atoms with Crippen molar-refractivity contribution in [1.82, 2.24) is 19.8 Å². The van der Waals surface area contributed by atoms with Gasteiger partial charge in [0.1, 0.15) is 0 Å². The molecule has 1 aromatic rings. The van der Waals surface area contributed by atoms with Gasteiger partial charge in [0, 0.05) is 19.1 Å². The Kier molecular flexibility index (Phi) is 5.06. The van der Waals surface area contributed by atoms with Crippen LogP contribution in [0.5, 0.6) is 0 Å². The maximum absolute atomic E-state index is 13.3. The van der Waals surface area contributed by atoms with Gasteiger partial charge in [-0.2, -0.15) is 0 Å². The van der Waals surface area contributed by atoms with Gasteiger partial charge in [-0.05, 0) is 38.5 Å². The van der Waals surface area contributed by atoms with E-state index < -0.39 is 0 Å². The van der Waals surface area contributed by atoms with Crippen LogP contribution in [0.3, 0.4) is 0 Å². The highest BCUT2D eigenvalue weighted by Gasteiger charge is 2.37. The fraction of sp³-hybridized carbons (Fsp3) is 0.667. The first-order chi connectivity index (χ1) is 13.1. The number of amides is 2. The van der Waals surface area contributed by atoms with Crippen LogP contribution in [-0.2, 0) is 17.9 Å². The van der Waals surface area contributed by atoms with Gasteiger partial charge in [-0.1, -0.05) is 31.9 Å². The van der Waals surface area contributed by atoms with Crippen molar-refractivity contribution in [3.8, 4) is 0 Å². The van der Waals surface area contributed by atoms with Crippen LogP contribution in [0.2, 0.25) is 0 Å². The van der Waals surface area contributed by atoms with Gasteiger partial charge in [0.25, 0.3) is 5.91 Å². The van der Waals surface area contributed by atoms with E-state index in [4.69, 9.17) is 0 Å². The molecule has 1 aliphatic heterocycles. The van der Waals surface area contributed by atoms with Crippen molar-refractivity contribution >= 4 is 11.8 Å². The first-order valence-electron chi connectivity index (χ1n) is 10.4. The van der Waals surface area contributed by atoms with Crippen LogP contribution < -0.4 is 5.32 Å². The molecule has 2 amide bonds. The first-order valence-corrected chi connectivity index (χ1v) is 10.4. The number of nitrogens with zero attached hydrogens (tertiary/aromatic N) is 3. The average molecular weight is 370 g/mol. The molecular weight excluding hydrogens is 340 g/mol. The van der Waals surface area contributed by atoms with E-state index in [-0.39, 0.29) is 23.3 Å². The number of carbonyl (C=O) groups is 2. The van der Waals surface area contributed by atoms with E-state index in [9.17, 15) is 9.59 Å². The standard InChI is InChI=1S/C21H30N4O2/c1-21(10-5-2-6-11-21)20(27)24-12-7-13-25-15-22-18(17(25)14-24)19(26)23-16-8-3-4-9-16/h2,5,15-16H,3-4,6-14H2,1H3,(H,23,26). The predicted octanol–water partition coefficient (Wildman–Crippen LogP) is 3.03. The minimum atomic E-state index is -0.323. The normalized spacial score (nSPS) is 25.9. The molecule has 2 heterocycles. The van der Waals surface area contributed by atoms with Crippen LogP contribution in [0.4, 0.5) is 0 Å². The molecule has 4 rings (SSSR count). The topological polar surface area (TPSA) is 67.2 Å². The molecule has 0 spiro atoms. The van der Waals surface area contributed by atoms with Crippen molar-refractivity contribution in [1.29, 1.82) is 0 Å². The molecule has 3 aliphatic rings. The molecule has 146 valence electrons. The monoisotopic (exact) mass is 370 g/mol. The summed E-state index contributed by atoms with van der Waals surface area (Å²) in [6.45, 7) is 4.10. The molecule has 2 aliphatic carbocycles. The number of hydrogen-bond acceptors (Lipinski definition) is 3. The van der Waals surface area contributed by atoms with E-state index in [0.717, 1.165) is 57.3 Å². The maximum atomic E-state index is 13.3. The Balaban J connectivity index is 1.52. The summed E-state index contributed by atoms with van der Waals surface area (Å²) in [7, 11) is 0. The van der Waals surface area contributed by atoms with Crippen LogP contribution in [0.1, 0.15) is 74.5 Å². The quantitative estimate of drug-likeness (QED) is 0.832. The number of imidazole rings is 1. The zero-order valence-corrected chi connectivity index (χ0v) is 16.2. The lowest BCUT2D eigenvalue weighted by atomic mass is 9.77. The molecule has 6 nitrogen and oxygen atoms in total. The second-order valence-electron chi connectivity index (χ2n) is 8.54. The zero-order chi connectivity index (χ0) is 18.9. The number of aryl methyl sites for hydroxylation is 1. The molecule has 0 radical (unpaired) electrons. The van der Waals surface area contributed by atoms with Gasteiger partial charge in [0.15, 0.2) is 5.69 Å². The van der Waals surface area contributed by atoms with Gasteiger partial charge in [-0.3, -0.25) is 9.59 Å². The van der Waals surface area contributed by atoms with Crippen molar-refractivity contribution < 1.29 is 9.59 Å². The third kappa shape index (κ3) is 3.66. The van der Waals surface area contributed by atoms with Crippen molar-refractivity contribution in [3.05, 3.63) is 29.9 Å².